The molecule has 0 amide bonds. The Labute approximate surface area is 107 Å². The third-order valence-electron chi connectivity index (χ3n) is 3.57. The molecule has 98 valence electrons. The Morgan fingerprint density at radius 1 is 1.56 bits per heavy atom. The van der Waals surface area contributed by atoms with Crippen LogP contribution in [0.1, 0.15) is 24.8 Å². The molecule has 1 aromatic rings. The van der Waals surface area contributed by atoms with Crippen LogP contribution < -0.4 is 4.90 Å². The third-order valence-corrected chi connectivity index (χ3v) is 3.57. The molecule has 4 nitrogen and oxygen atoms in total. The van der Waals surface area contributed by atoms with E-state index in [1.54, 1.807) is 7.11 Å². The molecule has 0 aliphatic carbocycles. The molecule has 0 aromatic heterocycles. The number of rotatable bonds is 5. The van der Waals surface area contributed by atoms with Crippen LogP contribution in [0.4, 0.5) is 5.69 Å². The predicted octanol–water partition coefficient (Wildman–Crippen LogP) is 2.10. The van der Waals surface area contributed by atoms with Gasteiger partial charge in [0.05, 0.1) is 0 Å². The lowest BCUT2D eigenvalue weighted by Crippen LogP contribution is -2.34. The van der Waals surface area contributed by atoms with Crippen molar-refractivity contribution in [2.75, 3.05) is 25.2 Å². The predicted molar refractivity (Wildman–Crippen MR) is 70.1 cm³/mol. The Bertz CT molecular complexity index is 433. The molecular weight excluding hydrogens is 230 g/mol. The van der Waals surface area contributed by atoms with E-state index in [4.69, 9.17) is 4.74 Å². The van der Waals surface area contributed by atoms with Crippen LogP contribution in [0.25, 0.3) is 0 Å². The fraction of sp³-hybridized carbons (Fsp3) is 0.500. The van der Waals surface area contributed by atoms with Crippen molar-refractivity contribution >= 4 is 11.7 Å². The van der Waals surface area contributed by atoms with Crippen molar-refractivity contribution in [3.8, 4) is 0 Å². The SMILES string of the molecule is COCCC(C)N1CC(C(=O)O)c2ccccc21. The molecule has 2 unspecified atom stereocenters. The van der Waals surface area contributed by atoms with Crippen LogP contribution in [0.3, 0.4) is 0 Å². The first-order valence-electron chi connectivity index (χ1n) is 6.22. The number of para-hydroxylation sites is 1. The third kappa shape index (κ3) is 2.34. The topological polar surface area (TPSA) is 49.8 Å². The van der Waals surface area contributed by atoms with Crippen molar-refractivity contribution in [1.82, 2.24) is 0 Å². The number of carboxylic acid groups (broad SMARTS) is 1. The fourth-order valence-corrected chi connectivity index (χ4v) is 2.51. The standard InChI is InChI=1S/C14H19NO3/c1-10(7-8-18-2)15-9-12(14(16)17)11-5-3-4-6-13(11)15/h3-6,10,12H,7-9H2,1-2H3,(H,16,17). The minimum absolute atomic E-state index is 0.287. The second-order valence-corrected chi connectivity index (χ2v) is 4.73. The van der Waals surface area contributed by atoms with Gasteiger partial charge < -0.3 is 14.7 Å². The Morgan fingerprint density at radius 2 is 2.28 bits per heavy atom. The highest BCUT2D eigenvalue weighted by molar-refractivity contribution is 5.83. The Kier molecular flexibility index (Phi) is 3.87. The first-order valence-corrected chi connectivity index (χ1v) is 6.22. The summed E-state index contributed by atoms with van der Waals surface area (Å²) in [6.07, 6.45) is 0.900. The monoisotopic (exact) mass is 249 g/mol. The first-order chi connectivity index (χ1) is 8.65. The van der Waals surface area contributed by atoms with Gasteiger partial charge in [-0.15, -0.1) is 0 Å². The maximum Gasteiger partial charge on any atom is 0.312 e. The average Bonchev–Trinajstić information content (AvgIpc) is 2.75. The van der Waals surface area contributed by atoms with Crippen molar-refractivity contribution in [3.63, 3.8) is 0 Å². The quantitative estimate of drug-likeness (QED) is 0.868. The number of anilines is 1. The summed E-state index contributed by atoms with van der Waals surface area (Å²) in [6.45, 7) is 3.36. The van der Waals surface area contributed by atoms with Crippen molar-refractivity contribution < 1.29 is 14.6 Å². The molecule has 4 heteroatoms. The van der Waals surface area contributed by atoms with Gasteiger partial charge in [-0.1, -0.05) is 18.2 Å². The number of nitrogens with zero attached hydrogens (tertiary/aromatic N) is 1. The Morgan fingerprint density at radius 3 is 2.94 bits per heavy atom. The van der Waals surface area contributed by atoms with E-state index in [2.05, 4.69) is 11.8 Å². The van der Waals surface area contributed by atoms with Gasteiger partial charge in [0.1, 0.15) is 5.92 Å². The maximum atomic E-state index is 11.3. The second kappa shape index (κ2) is 5.40. The van der Waals surface area contributed by atoms with Gasteiger partial charge in [0.15, 0.2) is 0 Å². The summed E-state index contributed by atoms with van der Waals surface area (Å²) in [5, 5.41) is 9.28. The number of ether oxygens (including phenoxy) is 1. The van der Waals surface area contributed by atoms with Crippen LogP contribution in [0.2, 0.25) is 0 Å². The van der Waals surface area contributed by atoms with E-state index in [-0.39, 0.29) is 6.04 Å². The number of methoxy groups -OCH3 is 1. The van der Waals surface area contributed by atoms with Gasteiger partial charge in [0.2, 0.25) is 0 Å². The summed E-state index contributed by atoms with van der Waals surface area (Å²) < 4.78 is 5.09. The summed E-state index contributed by atoms with van der Waals surface area (Å²) in [7, 11) is 1.69. The van der Waals surface area contributed by atoms with Crippen molar-refractivity contribution in [2.24, 2.45) is 0 Å². The van der Waals surface area contributed by atoms with Gasteiger partial charge in [-0.05, 0) is 25.0 Å². The molecule has 0 fully saturated rings. The number of carbonyl (C=O) groups is 1. The largest absolute Gasteiger partial charge is 0.481 e. The number of fused-ring (bicyclic) bond motifs is 1. The van der Waals surface area contributed by atoms with E-state index in [0.717, 1.165) is 17.7 Å². The molecule has 0 saturated carbocycles. The number of aliphatic carboxylic acids is 1. The molecule has 1 aliphatic rings. The molecule has 0 saturated heterocycles. The molecular formula is C14H19NO3. The normalized spacial score (nSPS) is 19.7. The number of benzene rings is 1. The highest BCUT2D eigenvalue weighted by Gasteiger charge is 2.34. The Balaban J connectivity index is 2.22. The van der Waals surface area contributed by atoms with Gasteiger partial charge in [0.25, 0.3) is 0 Å². The van der Waals surface area contributed by atoms with Gasteiger partial charge in [-0.25, -0.2) is 0 Å². The van der Waals surface area contributed by atoms with E-state index in [0.29, 0.717) is 13.2 Å². The van der Waals surface area contributed by atoms with Crippen molar-refractivity contribution in [3.05, 3.63) is 29.8 Å². The molecule has 0 spiro atoms. The summed E-state index contributed by atoms with van der Waals surface area (Å²) >= 11 is 0. The van der Waals surface area contributed by atoms with Crippen LogP contribution in [0.15, 0.2) is 24.3 Å². The lowest BCUT2D eigenvalue weighted by atomic mass is 10.0. The summed E-state index contributed by atoms with van der Waals surface area (Å²) in [4.78, 5) is 13.5. The Hall–Kier alpha value is -1.55. The number of carboxylic acids is 1. The van der Waals surface area contributed by atoms with Gasteiger partial charge in [-0.3, -0.25) is 4.79 Å². The van der Waals surface area contributed by atoms with Crippen LogP contribution in [-0.4, -0.2) is 37.4 Å². The summed E-state index contributed by atoms with van der Waals surface area (Å²) in [5.74, 6) is -1.16. The van der Waals surface area contributed by atoms with Crippen LogP contribution in [-0.2, 0) is 9.53 Å². The highest BCUT2D eigenvalue weighted by Crippen LogP contribution is 2.37. The van der Waals surface area contributed by atoms with Gasteiger partial charge in [-0.2, -0.15) is 0 Å². The van der Waals surface area contributed by atoms with Gasteiger partial charge in [0, 0.05) is 32.0 Å². The minimum Gasteiger partial charge on any atom is -0.481 e. The highest BCUT2D eigenvalue weighted by atomic mass is 16.5. The van der Waals surface area contributed by atoms with E-state index < -0.39 is 11.9 Å². The van der Waals surface area contributed by atoms with E-state index in [1.807, 2.05) is 24.3 Å². The van der Waals surface area contributed by atoms with Gasteiger partial charge >= 0.3 is 5.97 Å². The second-order valence-electron chi connectivity index (χ2n) is 4.73. The maximum absolute atomic E-state index is 11.3. The summed E-state index contributed by atoms with van der Waals surface area (Å²) in [5.41, 5.74) is 1.97. The molecule has 2 rings (SSSR count). The summed E-state index contributed by atoms with van der Waals surface area (Å²) in [6, 6.07) is 8.06. The molecule has 1 aromatic carbocycles. The van der Waals surface area contributed by atoms with E-state index >= 15 is 0 Å². The van der Waals surface area contributed by atoms with Crippen LogP contribution >= 0.6 is 0 Å². The number of hydrogen-bond acceptors (Lipinski definition) is 3. The lowest BCUT2D eigenvalue weighted by Gasteiger charge is -2.27. The molecule has 1 aliphatic heterocycles. The number of hydrogen-bond donors (Lipinski definition) is 1. The zero-order chi connectivity index (χ0) is 13.1. The van der Waals surface area contributed by atoms with Crippen molar-refractivity contribution in [2.45, 2.75) is 25.3 Å². The average molecular weight is 249 g/mol. The molecule has 0 radical (unpaired) electrons. The van der Waals surface area contributed by atoms with E-state index in [1.165, 1.54) is 0 Å². The van der Waals surface area contributed by atoms with Crippen molar-refractivity contribution in [1.29, 1.82) is 0 Å². The lowest BCUT2D eigenvalue weighted by molar-refractivity contribution is -0.138. The molecule has 1 heterocycles. The smallest absolute Gasteiger partial charge is 0.312 e. The molecule has 0 bridgehead atoms. The zero-order valence-corrected chi connectivity index (χ0v) is 10.8. The minimum atomic E-state index is -0.746. The molecule has 2 atom stereocenters. The molecule has 1 N–H and O–H groups in total. The zero-order valence-electron chi connectivity index (χ0n) is 10.8. The van der Waals surface area contributed by atoms with E-state index in [9.17, 15) is 9.90 Å². The van der Waals surface area contributed by atoms with Crippen LogP contribution in [0.5, 0.6) is 0 Å². The first kappa shape index (κ1) is 12.9. The van der Waals surface area contributed by atoms with Crippen LogP contribution in [0, 0.1) is 0 Å². The molecule has 18 heavy (non-hydrogen) atoms. The fourth-order valence-electron chi connectivity index (χ4n) is 2.51.